The maximum absolute atomic E-state index is 11.5. The van der Waals surface area contributed by atoms with Gasteiger partial charge >= 0.3 is 0 Å². The quantitative estimate of drug-likeness (QED) is 0.486. The van der Waals surface area contributed by atoms with Gasteiger partial charge in [0, 0.05) is 35.8 Å². The van der Waals surface area contributed by atoms with Gasteiger partial charge in [0.1, 0.15) is 0 Å². The lowest BCUT2D eigenvalue weighted by Gasteiger charge is -2.33. The standard InChI is InChI=1S/C22H26N6OS/c1-3-27-21(19-8-10-23-11-9-19)24-28(22(27)30)16-25-12-14-26(15-13-25)20-6-4-18(5-7-20)17(2)29/h4-11H,3,12-16H2,1-2H3/p+1. The lowest BCUT2D eigenvalue weighted by atomic mass is 10.1. The van der Waals surface area contributed by atoms with Gasteiger partial charge in [-0.3, -0.25) is 9.78 Å². The number of nitrogens with zero attached hydrogens (tertiary/aromatic N) is 5. The first kappa shape index (κ1) is 20.4. The molecule has 1 aliphatic rings. The molecule has 0 radical (unpaired) electrons. The molecule has 3 heterocycles. The average molecular weight is 424 g/mol. The molecule has 0 spiro atoms. The molecule has 1 aliphatic heterocycles. The fourth-order valence-electron chi connectivity index (χ4n) is 3.90. The third-order valence-electron chi connectivity index (χ3n) is 5.66. The van der Waals surface area contributed by atoms with Crippen LogP contribution in [-0.2, 0) is 13.2 Å². The Morgan fingerprint density at radius 2 is 1.77 bits per heavy atom. The number of quaternary nitrogens is 1. The Morgan fingerprint density at radius 1 is 1.10 bits per heavy atom. The zero-order valence-electron chi connectivity index (χ0n) is 17.4. The summed E-state index contributed by atoms with van der Waals surface area (Å²) in [5.41, 5.74) is 2.96. The SMILES string of the molecule is CCn1c(-c2ccncc2)nn(C[NH+]2CCN(c3ccc(C(C)=O)cc3)CC2)c1=S. The van der Waals surface area contributed by atoms with Crippen LogP contribution in [0.15, 0.2) is 48.8 Å². The highest BCUT2D eigenvalue weighted by Gasteiger charge is 2.22. The molecule has 0 unspecified atom stereocenters. The van der Waals surface area contributed by atoms with Crippen LogP contribution >= 0.6 is 12.2 Å². The highest BCUT2D eigenvalue weighted by molar-refractivity contribution is 7.71. The molecule has 1 aromatic carbocycles. The monoisotopic (exact) mass is 423 g/mol. The summed E-state index contributed by atoms with van der Waals surface area (Å²) in [5.74, 6) is 0.999. The summed E-state index contributed by atoms with van der Waals surface area (Å²) in [6.07, 6.45) is 3.57. The summed E-state index contributed by atoms with van der Waals surface area (Å²) in [4.78, 5) is 19.4. The van der Waals surface area contributed by atoms with Crippen LogP contribution in [0, 0.1) is 4.77 Å². The number of anilines is 1. The van der Waals surface area contributed by atoms with Crippen LogP contribution in [0.25, 0.3) is 11.4 Å². The van der Waals surface area contributed by atoms with E-state index >= 15 is 0 Å². The van der Waals surface area contributed by atoms with Crippen LogP contribution in [0.1, 0.15) is 24.2 Å². The summed E-state index contributed by atoms with van der Waals surface area (Å²) in [5, 5.41) is 4.83. The smallest absolute Gasteiger partial charge is 0.203 e. The number of hydrogen-bond acceptors (Lipinski definition) is 5. The number of carbonyl (C=O) groups is 1. The number of hydrogen-bond donors (Lipinski definition) is 1. The number of Topliss-reactive ketones (excluding diaryl/α,β-unsaturated/α-hetero) is 1. The van der Waals surface area contributed by atoms with Crippen molar-refractivity contribution in [3.05, 3.63) is 59.1 Å². The summed E-state index contributed by atoms with van der Waals surface area (Å²) >= 11 is 5.71. The Labute approximate surface area is 181 Å². The van der Waals surface area contributed by atoms with Crippen molar-refractivity contribution in [3.63, 3.8) is 0 Å². The first-order valence-corrected chi connectivity index (χ1v) is 10.7. The van der Waals surface area contributed by atoms with E-state index in [2.05, 4.69) is 21.4 Å². The average Bonchev–Trinajstić information content (AvgIpc) is 3.10. The van der Waals surface area contributed by atoms with Crippen LogP contribution in [0.4, 0.5) is 5.69 Å². The van der Waals surface area contributed by atoms with Gasteiger partial charge in [-0.2, -0.15) is 4.68 Å². The van der Waals surface area contributed by atoms with E-state index in [0.29, 0.717) is 0 Å². The Balaban J connectivity index is 1.43. The molecule has 1 saturated heterocycles. The molecular formula is C22H27N6OS+. The van der Waals surface area contributed by atoms with Gasteiger partial charge in [-0.1, -0.05) is 0 Å². The highest BCUT2D eigenvalue weighted by atomic mass is 32.1. The van der Waals surface area contributed by atoms with Gasteiger partial charge in [0.25, 0.3) is 0 Å². The first-order valence-electron chi connectivity index (χ1n) is 10.3. The van der Waals surface area contributed by atoms with Crippen molar-refractivity contribution in [2.75, 3.05) is 31.1 Å². The van der Waals surface area contributed by atoms with E-state index in [1.54, 1.807) is 19.3 Å². The van der Waals surface area contributed by atoms with Crippen LogP contribution in [-0.4, -0.2) is 51.3 Å². The number of aromatic nitrogens is 4. The lowest BCUT2D eigenvalue weighted by Crippen LogP contribution is -3.14. The fraction of sp³-hybridized carbons (Fsp3) is 0.364. The van der Waals surface area contributed by atoms with Crippen molar-refractivity contribution < 1.29 is 9.69 Å². The summed E-state index contributed by atoms with van der Waals surface area (Å²) < 4.78 is 4.80. The molecule has 7 nitrogen and oxygen atoms in total. The van der Waals surface area contributed by atoms with E-state index < -0.39 is 0 Å². The summed E-state index contributed by atoms with van der Waals surface area (Å²) in [7, 11) is 0. The van der Waals surface area contributed by atoms with Crippen molar-refractivity contribution in [1.29, 1.82) is 0 Å². The number of piperazine rings is 1. The first-order chi connectivity index (χ1) is 14.6. The number of ketones is 1. The minimum Gasteiger partial charge on any atom is -0.360 e. The van der Waals surface area contributed by atoms with E-state index in [-0.39, 0.29) is 5.78 Å². The van der Waals surface area contributed by atoms with E-state index in [4.69, 9.17) is 17.3 Å². The fourth-order valence-corrected chi connectivity index (χ4v) is 4.22. The van der Waals surface area contributed by atoms with Gasteiger partial charge in [0.2, 0.25) is 4.77 Å². The maximum Gasteiger partial charge on any atom is 0.203 e. The Kier molecular flexibility index (Phi) is 6.06. The van der Waals surface area contributed by atoms with Crippen LogP contribution in [0.5, 0.6) is 0 Å². The number of benzene rings is 1. The van der Waals surface area contributed by atoms with E-state index in [9.17, 15) is 4.79 Å². The molecule has 1 N–H and O–H groups in total. The van der Waals surface area contributed by atoms with E-state index in [1.165, 1.54) is 10.6 Å². The molecule has 0 aliphatic carbocycles. The Hall–Kier alpha value is -2.84. The third-order valence-corrected chi connectivity index (χ3v) is 6.09. The van der Waals surface area contributed by atoms with Crippen molar-refractivity contribution in [2.45, 2.75) is 27.1 Å². The van der Waals surface area contributed by atoms with Gasteiger partial charge in [-0.25, -0.2) is 0 Å². The Bertz CT molecular complexity index is 1070. The number of rotatable bonds is 6. The Morgan fingerprint density at radius 3 is 2.37 bits per heavy atom. The number of carbonyl (C=O) groups excluding carboxylic acids is 1. The summed E-state index contributed by atoms with van der Waals surface area (Å²) in [6.45, 7) is 9.20. The van der Waals surface area contributed by atoms with Gasteiger partial charge in [0.15, 0.2) is 18.3 Å². The number of pyridine rings is 1. The molecule has 3 aromatic rings. The van der Waals surface area contributed by atoms with Gasteiger partial charge in [-0.15, -0.1) is 5.10 Å². The van der Waals surface area contributed by atoms with Crippen LogP contribution in [0.2, 0.25) is 0 Å². The predicted octanol–water partition coefficient (Wildman–Crippen LogP) is 2.06. The topological polar surface area (TPSA) is 60.4 Å². The zero-order chi connectivity index (χ0) is 21.1. The maximum atomic E-state index is 11.5. The molecular weight excluding hydrogens is 396 g/mol. The van der Waals surface area contributed by atoms with E-state index in [1.807, 2.05) is 41.1 Å². The zero-order valence-corrected chi connectivity index (χ0v) is 18.2. The molecule has 30 heavy (non-hydrogen) atoms. The van der Waals surface area contributed by atoms with Crippen molar-refractivity contribution in [1.82, 2.24) is 19.3 Å². The van der Waals surface area contributed by atoms with Gasteiger partial charge < -0.3 is 14.4 Å². The van der Waals surface area contributed by atoms with E-state index in [0.717, 1.165) is 61.1 Å². The van der Waals surface area contributed by atoms with Crippen molar-refractivity contribution in [3.8, 4) is 11.4 Å². The third kappa shape index (κ3) is 4.20. The molecule has 2 aromatic heterocycles. The van der Waals surface area contributed by atoms with Gasteiger partial charge in [-0.05, 0) is 62.5 Å². The van der Waals surface area contributed by atoms with Crippen LogP contribution in [0.3, 0.4) is 0 Å². The van der Waals surface area contributed by atoms with Gasteiger partial charge in [0.05, 0.1) is 26.2 Å². The molecule has 0 saturated carbocycles. The molecule has 0 atom stereocenters. The molecule has 156 valence electrons. The lowest BCUT2D eigenvalue weighted by molar-refractivity contribution is -0.924. The second-order valence-electron chi connectivity index (χ2n) is 7.58. The second kappa shape index (κ2) is 8.89. The number of nitrogens with one attached hydrogen (secondary N) is 1. The minimum absolute atomic E-state index is 0.102. The second-order valence-corrected chi connectivity index (χ2v) is 7.95. The predicted molar refractivity (Wildman–Crippen MR) is 119 cm³/mol. The van der Waals surface area contributed by atoms with Crippen LogP contribution < -0.4 is 9.80 Å². The molecule has 4 rings (SSSR count). The summed E-state index contributed by atoms with van der Waals surface area (Å²) in [6, 6.07) is 11.8. The normalized spacial score (nSPS) is 14.8. The molecule has 8 heteroatoms. The molecule has 1 fully saturated rings. The largest absolute Gasteiger partial charge is 0.360 e. The molecule has 0 amide bonds. The highest BCUT2D eigenvalue weighted by Crippen LogP contribution is 2.17. The minimum atomic E-state index is 0.102. The van der Waals surface area contributed by atoms with Crippen molar-refractivity contribution in [2.24, 2.45) is 0 Å². The molecule has 0 bridgehead atoms. The van der Waals surface area contributed by atoms with Crippen molar-refractivity contribution >= 4 is 23.7 Å².